The van der Waals surface area contributed by atoms with Gasteiger partial charge >= 0.3 is 5.97 Å². The Morgan fingerprint density at radius 3 is 2.76 bits per heavy atom. The zero-order valence-electron chi connectivity index (χ0n) is 8.54. The molecule has 0 spiro atoms. The van der Waals surface area contributed by atoms with Crippen molar-refractivity contribution in [3.8, 4) is 6.07 Å². The van der Waals surface area contributed by atoms with Crippen molar-refractivity contribution in [3.63, 3.8) is 0 Å². The van der Waals surface area contributed by atoms with Crippen LogP contribution in [-0.4, -0.2) is 32.4 Å². The summed E-state index contributed by atoms with van der Waals surface area (Å²) in [5.41, 5.74) is -0.179. The lowest BCUT2D eigenvalue weighted by atomic mass is 10.0. The average Bonchev–Trinajstić information content (AvgIpc) is 2.28. The molecule has 0 aromatic carbocycles. The number of hydrogen-bond acceptors (Lipinski definition) is 5. The summed E-state index contributed by atoms with van der Waals surface area (Å²) in [5.74, 6) is -1.22. The number of halogens is 1. The lowest BCUT2D eigenvalue weighted by Gasteiger charge is -2.16. The number of pyridine rings is 1. The minimum absolute atomic E-state index is 0.0192. The molecule has 1 aromatic heterocycles. The largest absolute Gasteiger partial charge is 0.478 e. The zero-order valence-corrected chi connectivity index (χ0v) is 9.29. The normalized spacial score (nSPS) is 13.8. The molecule has 0 fully saturated rings. The van der Waals surface area contributed by atoms with Gasteiger partial charge in [0.1, 0.15) is 11.3 Å². The molecule has 1 rings (SSSR count). The average molecular weight is 257 g/mol. The van der Waals surface area contributed by atoms with Crippen molar-refractivity contribution in [2.45, 2.75) is 18.6 Å². The van der Waals surface area contributed by atoms with E-state index in [-0.39, 0.29) is 22.7 Å². The minimum Gasteiger partial charge on any atom is -0.478 e. The van der Waals surface area contributed by atoms with Gasteiger partial charge in [0, 0.05) is 11.8 Å². The molecule has 0 aliphatic heterocycles. The molecule has 0 aliphatic rings. The number of aromatic carboxylic acids is 1. The molecule has 0 saturated heterocycles. The van der Waals surface area contributed by atoms with Crippen molar-refractivity contribution in [2.75, 3.05) is 0 Å². The highest BCUT2D eigenvalue weighted by Crippen LogP contribution is 2.25. The number of carbonyl (C=O) groups is 1. The number of nitriles is 1. The molecule has 0 aliphatic carbocycles. The summed E-state index contributed by atoms with van der Waals surface area (Å²) in [5, 5.41) is 36.1. The first-order valence-electron chi connectivity index (χ1n) is 4.59. The van der Waals surface area contributed by atoms with Crippen molar-refractivity contribution in [3.05, 3.63) is 28.5 Å². The highest BCUT2D eigenvalue weighted by atomic mass is 35.5. The molecular formula is C10H9ClN2O4. The van der Waals surface area contributed by atoms with Crippen LogP contribution in [0.2, 0.25) is 5.15 Å². The first-order chi connectivity index (χ1) is 7.97. The molecule has 0 radical (unpaired) electrons. The quantitative estimate of drug-likeness (QED) is 0.685. The van der Waals surface area contributed by atoms with Gasteiger partial charge in [-0.1, -0.05) is 11.6 Å². The molecule has 1 aromatic rings. The highest BCUT2D eigenvalue weighted by molar-refractivity contribution is 6.30. The number of aliphatic hydroxyl groups excluding tert-OH is 2. The van der Waals surface area contributed by atoms with Crippen molar-refractivity contribution in [1.29, 1.82) is 5.26 Å². The summed E-state index contributed by atoms with van der Waals surface area (Å²) in [6, 6.07) is 2.80. The van der Waals surface area contributed by atoms with E-state index in [2.05, 4.69) is 4.98 Å². The van der Waals surface area contributed by atoms with Crippen LogP contribution in [0.5, 0.6) is 0 Å². The molecule has 7 heteroatoms. The maximum absolute atomic E-state index is 10.7. The van der Waals surface area contributed by atoms with Gasteiger partial charge in [-0.05, 0) is 6.07 Å². The summed E-state index contributed by atoms with van der Waals surface area (Å²) >= 11 is 5.68. The molecule has 1 heterocycles. The fraction of sp³-hybridized carbons (Fsp3) is 0.300. The lowest BCUT2D eigenvalue weighted by molar-refractivity contribution is 0.0214. The third-order valence-corrected chi connectivity index (χ3v) is 2.41. The molecule has 0 saturated carbocycles. The minimum atomic E-state index is -1.45. The second kappa shape index (κ2) is 5.59. The van der Waals surface area contributed by atoms with Gasteiger partial charge in [0.15, 0.2) is 0 Å². The van der Waals surface area contributed by atoms with Gasteiger partial charge in [0.2, 0.25) is 0 Å². The first kappa shape index (κ1) is 13.4. The van der Waals surface area contributed by atoms with Crippen molar-refractivity contribution in [2.24, 2.45) is 0 Å². The van der Waals surface area contributed by atoms with Crippen LogP contribution >= 0.6 is 11.6 Å². The number of nitrogens with zero attached hydrogens (tertiary/aromatic N) is 2. The van der Waals surface area contributed by atoms with Gasteiger partial charge in [-0.25, -0.2) is 9.78 Å². The van der Waals surface area contributed by atoms with E-state index < -0.39 is 18.2 Å². The van der Waals surface area contributed by atoms with E-state index in [4.69, 9.17) is 22.0 Å². The topological polar surface area (TPSA) is 114 Å². The third-order valence-electron chi connectivity index (χ3n) is 2.10. The van der Waals surface area contributed by atoms with Crippen LogP contribution in [0.4, 0.5) is 0 Å². The van der Waals surface area contributed by atoms with Gasteiger partial charge in [0.05, 0.1) is 24.2 Å². The van der Waals surface area contributed by atoms with Gasteiger partial charge in [-0.3, -0.25) is 0 Å². The fourth-order valence-electron chi connectivity index (χ4n) is 1.20. The Bertz CT molecular complexity index is 472. The van der Waals surface area contributed by atoms with Crippen LogP contribution in [0.15, 0.2) is 12.3 Å². The van der Waals surface area contributed by atoms with E-state index in [1.165, 1.54) is 0 Å². The van der Waals surface area contributed by atoms with Crippen LogP contribution in [0.1, 0.15) is 28.4 Å². The Kier molecular flexibility index (Phi) is 4.40. The van der Waals surface area contributed by atoms with Gasteiger partial charge in [-0.2, -0.15) is 5.26 Å². The standard InChI is InChI=1S/C10H9ClN2O4/c11-9-6(8(15)7(14)1-2-12)3-5(4-13-9)10(16)17/h3-4,7-8,14-15H,1H2,(H,16,17). The monoisotopic (exact) mass is 256 g/mol. The van der Waals surface area contributed by atoms with Crippen LogP contribution in [0.3, 0.4) is 0 Å². The van der Waals surface area contributed by atoms with Crippen molar-refractivity contribution in [1.82, 2.24) is 4.98 Å². The highest BCUT2D eigenvalue weighted by Gasteiger charge is 2.22. The van der Waals surface area contributed by atoms with Crippen LogP contribution in [0.25, 0.3) is 0 Å². The predicted molar refractivity (Wildman–Crippen MR) is 57.4 cm³/mol. The SMILES string of the molecule is N#CCC(O)C(O)c1cc(C(=O)O)cnc1Cl. The molecule has 6 nitrogen and oxygen atoms in total. The Morgan fingerprint density at radius 1 is 1.59 bits per heavy atom. The van der Waals surface area contributed by atoms with Gasteiger partial charge in [0.25, 0.3) is 0 Å². The van der Waals surface area contributed by atoms with E-state index >= 15 is 0 Å². The number of carboxylic acids is 1. The van der Waals surface area contributed by atoms with E-state index in [1.54, 1.807) is 6.07 Å². The third kappa shape index (κ3) is 3.14. The predicted octanol–water partition coefficient (Wildman–Crippen LogP) is 0.741. The summed E-state index contributed by atoms with van der Waals surface area (Å²) in [6.45, 7) is 0. The zero-order chi connectivity index (χ0) is 13.0. The van der Waals surface area contributed by atoms with Gasteiger partial charge < -0.3 is 15.3 Å². The van der Waals surface area contributed by atoms with E-state index in [0.717, 1.165) is 12.3 Å². The molecule has 90 valence electrons. The first-order valence-corrected chi connectivity index (χ1v) is 4.97. The Morgan fingerprint density at radius 2 is 2.24 bits per heavy atom. The Balaban J connectivity index is 3.08. The number of aliphatic hydroxyl groups is 2. The molecule has 2 atom stereocenters. The van der Waals surface area contributed by atoms with E-state index in [1.807, 2.05) is 0 Å². The molecular weight excluding hydrogens is 248 g/mol. The second-order valence-electron chi connectivity index (χ2n) is 3.28. The van der Waals surface area contributed by atoms with E-state index in [0.29, 0.717) is 0 Å². The molecule has 17 heavy (non-hydrogen) atoms. The Labute approximate surface area is 102 Å². The summed E-state index contributed by atoms with van der Waals surface area (Å²) in [4.78, 5) is 14.3. The summed E-state index contributed by atoms with van der Waals surface area (Å²) in [6.07, 6.45) is -2.05. The van der Waals surface area contributed by atoms with Crippen LogP contribution < -0.4 is 0 Å². The molecule has 3 N–H and O–H groups in total. The van der Waals surface area contributed by atoms with Crippen LogP contribution in [-0.2, 0) is 0 Å². The maximum atomic E-state index is 10.7. The van der Waals surface area contributed by atoms with Crippen LogP contribution in [0, 0.1) is 11.3 Å². The fourth-order valence-corrected chi connectivity index (χ4v) is 1.42. The molecule has 0 amide bonds. The van der Waals surface area contributed by atoms with Crippen molar-refractivity contribution >= 4 is 17.6 Å². The second-order valence-corrected chi connectivity index (χ2v) is 3.64. The van der Waals surface area contributed by atoms with Gasteiger partial charge in [-0.15, -0.1) is 0 Å². The Hall–Kier alpha value is -1.68. The summed E-state index contributed by atoms with van der Waals surface area (Å²) in [7, 11) is 0. The maximum Gasteiger partial charge on any atom is 0.337 e. The lowest BCUT2D eigenvalue weighted by Crippen LogP contribution is -2.18. The number of hydrogen-bond donors (Lipinski definition) is 3. The number of carboxylic acid groups (broad SMARTS) is 1. The van der Waals surface area contributed by atoms with Crippen molar-refractivity contribution < 1.29 is 20.1 Å². The summed E-state index contributed by atoms with van der Waals surface area (Å²) < 4.78 is 0. The van der Waals surface area contributed by atoms with E-state index in [9.17, 15) is 15.0 Å². The molecule has 0 bridgehead atoms. The number of rotatable bonds is 4. The number of aromatic nitrogens is 1. The molecule has 2 unspecified atom stereocenters. The smallest absolute Gasteiger partial charge is 0.337 e.